The van der Waals surface area contributed by atoms with Crippen molar-refractivity contribution in [1.82, 2.24) is 20.2 Å². The predicted molar refractivity (Wildman–Crippen MR) is 113 cm³/mol. The molecule has 3 aromatic heterocycles. The van der Waals surface area contributed by atoms with Crippen LogP contribution in [0.1, 0.15) is 12.6 Å². The van der Waals surface area contributed by atoms with Gasteiger partial charge in [0.1, 0.15) is 5.82 Å². The molecule has 6 nitrogen and oxygen atoms in total. The third-order valence-corrected chi connectivity index (χ3v) is 4.48. The van der Waals surface area contributed by atoms with E-state index in [1.54, 1.807) is 12.4 Å². The number of rotatable bonds is 4. The molecule has 1 amide bonds. The van der Waals surface area contributed by atoms with Crippen LogP contribution < -0.4 is 5.32 Å². The number of anilines is 1. The summed E-state index contributed by atoms with van der Waals surface area (Å²) < 4.78 is 0. The summed E-state index contributed by atoms with van der Waals surface area (Å²) in [4.78, 5) is 20.3. The second kappa shape index (κ2) is 7.98. The molecule has 4 aromatic rings. The molecule has 29 heavy (non-hydrogen) atoms. The Kier molecular flexibility index (Phi) is 5.07. The number of nitrogens with one attached hydrogen (secondary N) is 1. The van der Waals surface area contributed by atoms with E-state index in [1.807, 2.05) is 55.6 Å². The lowest BCUT2D eigenvalue weighted by Crippen LogP contribution is -2.09. The molecule has 3 heterocycles. The van der Waals surface area contributed by atoms with Gasteiger partial charge in [-0.1, -0.05) is 24.3 Å². The zero-order valence-corrected chi connectivity index (χ0v) is 16.1. The molecule has 0 unspecified atom stereocenters. The molecule has 1 aromatic carbocycles. The van der Waals surface area contributed by atoms with E-state index in [0.29, 0.717) is 5.82 Å². The Labute approximate surface area is 168 Å². The van der Waals surface area contributed by atoms with Crippen molar-refractivity contribution in [2.45, 2.75) is 13.8 Å². The Morgan fingerprint density at radius 1 is 0.862 bits per heavy atom. The molecule has 142 valence electrons. The first-order valence-corrected chi connectivity index (χ1v) is 9.19. The van der Waals surface area contributed by atoms with E-state index >= 15 is 0 Å². The van der Waals surface area contributed by atoms with Crippen LogP contribution in [0, 0.1) is 6.92 Å². The van der Waals surface area contributed by atoms with E-state index in [0.717, 1.165) is 39.2 Å². The quantitative estimate of drug-likeness (QED) is 0.561. The van der Waals surface area contributed by atoms with Gasteiger partial charge in [0.25, 0.3) is 0 Å². The fourth-order valence-electron chi connectivity index (χ4n) is 3.11. The summed E-state index contributed by atoms with van der Waals surface area (Å²) in [7, 11) is 0. The molecule has 6 heteroatoms. The summed E-state index contributed by atoms with van der Waals surface area (Å²) in [6, 6.07) is 17.9. The predicted octanol–water partition coefficient (Wildman–Crippen LogP) is 4.53. The number of aromatic nitrogens is 4. The van der Waals surface area contributed by atoms with Gasteiger partial charge in [0, 0.05) is 42.3 Å². The minimum Gasteiger partial charge on any atom is -0.310 e. The van der Waals surface area contributed by atoms with Crippen molar-refractivity contribution in [2.75, 3.05) is 5.32 Å². The molecule has 0 atom stereocenters. The molecule has 0 aliphatic carbocycles. The van der Waals surface area contributed by atoms with E-state index < -0.39 is 0 Å². The van der Waals surface area contributed by atoms with Gasteiger partial charge in [0.2, 0.25) is 5.91 Å². The summed E-state index contributed by atoms with van der Waals surface area (Å²) in [5, 5.41) is 10.9. The third-order valence-electron chi connectivity index (χ3n) is 4.48. The van der Waals surface area contributed by atoms with Gasteiger partial charge in [0.05, 0.1) is 5.69 Å². The van der Waals surface area contributed by atoms with Crippen LogP contribution in [0.2, 0.25) is 0 Å². The first-order valence-electron chi connectivity index (χ1n) is 9.19. The van der Waals surface area contributed by atoms with Gasteiger partial charge in [-0.2, -0.15) is 10.2 Å². The Hall–Kier alpha value is -3.93. The first kappa shape index (κ1) is 18.4. The highest BCUT2D eigenvalue weighted by atomic mass is 16.1. The van der Waals surface area contributed by atoms with Crippen LogP contribution in [0.15, 0.2) is 73.2 Å². The number of benzene rings is 1. The van der Waals surface area contributed by atoms with Crippen LogP contribution in [-0.2, 0) is 4.79 Å². The fraction of sp³-hybridized carbons (Fsp3) is 0.0870. The first-order chi connectivity index (χ1) is 14.1. The zero-order valence-electron chi connectivity index (χ0n) is 16.1. The molecular formula is C23H19N5O. The molecule has 0 fully saturated rings. The highest BCUT2D eigenvalue weighted by Crippen LogP contribution is 2.32. The Morgan fingerprint density at radius 2 is 1.66 bits per heavy atom. The van der Waals surface area contributed by atoms with Gasteiger partial charge < -0.3 is 5.32 Å². The lowest BCUT2D eigenvalue weighted by molar-refractivity contribution is -0.114. The minimum absolute atomic E-state index is 0.171. The van der Waals surface area contributed by atoms with E-state index in [-0.39, 0.29) is 5.91 Å². The number of pyridine rings is 2. The number of hydrogen-bond donors (Lipinski definition) is 1. The van der Waals surface area contributed by atoms with E-state index in [4.69, 9.17) is 0 Å². The molecule has 0 radical (unpaired) electrons. The minimum atomic E-state index is -0.171. The number of nitrogens with zero attached hydrogens (tertiary/aromatic N) is 4. The number of carbonyl (C=O) groups is 1. The summed E-state index contributed by atoms with van der Waals surface area (Å²) in [5.41, 5.74) is 6.49. The smallest absolute Gasteiger partial charge is 0.222 e. The molecular weight excluding hydrogens is 362 g/mol. The fourth-order valence-corrected chi connectivity index (χ4v) is 3.11. The standard InChI is InChI=1S/C23H19N5O/c1-15-12-19(9-11-24-15)17-5-7-18(8-6-17)21-13-20(22-4-3-10-26-28-22)14-25-23(21)27-16(2)29/h3-14H,1-2H3,(H,25,27,29). The number of carbonyl (C=O) groups excluding carboxylic acids is 1. The summed E-state index contributed by atoms with van der Waals surface area (Å²) in [6.45, 7) is 3.44. The zero-order chi connectivity index (χ0) is 20.2. The Bertz CT molecular complexity index is 1160. The molecule has 4 rings (SSSR count). The van der Waals surface area contributed by atoms with Crippen LogP contribution in [0.25, 0.3) is 33.5 Å². The maximum atomic E-state index is 11.6. The van der Waals surface area contributed by atoms with Gasteiger partial charge in [-0.3, -0.25) is 9.78 Å². The average Bonchev–Trinajstić information content (AvgIpc) is 2.74. The second-order valence-electron chi connectivity index (χ2n) is 6.67. The summed E-state index contributed by atoms with van der Waals surface area (Å²) in [6.07, 6.45) is 5.12. The van der Waals surface area contributed by atoms with Gasteiger partial charge >= 0.3 is 0 Å². The van der Waals surface area contributed by atoms with E-state index in [9.17, 15) is 4.79 Å². The molecule has 0 aliphatic rings. The summed E-state index contributed by atoms with van der Waals surface area (Å²) >= 11 is 0. The van der Waals surface area contributed by atoms with Crippen LogP contribution in [0.4, 0.5) is 5.82 Å². The van der Waals surface area contributed by atoms with Crippen molar-refractivity contribution in [3.63, 3.8) is 0 Å². The highest BCUT2D eigenvalue weighted by Gasteiger charge is 2.12. The summed E-state index contributed by atoms with van der Waals surface area (Å²) in [5.74, 6) is 0.340. The number of aryl methyl sites for hydroxylation is 1. The molecule has 1 N–H and O–H groups in total. The van der Waals surface area contributed by atoms with Crippen molar-refractivity contribution >= 4 is 11.7 Å². The molecule has 0 bridgehead atoms. The highest BCUT2D eigenvalue weighted by molar-refractivity contribution is 5.93. The lowest BCUT2D eigenvalue weighted by atomic mass is 9.99. The van der Waals surface area contributed by atoms with Gasteiger partial charge in [-0.05, 0) is 53.9 Å². The van der Waals surface area contributed by atoms with Gasteiger partial charge in [-0.25, -0.2) is 4.98 Å². The van der Waals surface area contributed by atoms with Crippen molar-refractivity contribution in [1.29, 1.82) is 0 Å². The van der Waals surface area contributed by atoms with Gasteiger partial charge in [0.15, 0.2) is 0 Å². The van der Waals surface area contributed by atoms with Crippen LogP contribution >= 0.6 is 0 Å². The van der Waals surface area contributed by atoms with Crippen molar-refractivity contribution in [2.24, 2.45) is 0 Å². The Balaban J connectivity index is 1.76. The number of amides is 1. The third kappa shape index (κ3) is 4.16. The molecule has 0 saturated carbocycles. The monoisotopic (exact) mass is 381 g/mol. The normalized spacial score (nSPS) is 10.6. The van der Waals surface area contributed by atoms with Crippen LogP contribution in [-0.4, -0.2) is 26.1 Å². The maximum absolute atomic E-state index is 11.6. The topological polar surface area (TPSA) is 80.7 Å². The van der Waals surface area contributed by atoms with Gasteiger partial charge in [-0.15, -0.1) is 0 Å². The second-order valence-corrected chi connectivity index (χ2v) is 6.67. The molecule has 0 aliphatic heterocycles. The lowest BCUT2D eigenvalue weighted by Gasteiger charge is -2.12. The number of hydrogen-bond acceptors (Lipinski definition) is 5. The van der Waals surface area contributed by atoms with E-state index in [1.165, 1.54) is 6.92 Å². The van der Waals surface area contributed by atoms with Crippen molar-refractivity contribution in [3.8, 4) is 33.5 Å². The largest absolute Gasteiger partial charge is 0.310 e. The van der Waals surface area contributed by atoms with Crippen LogP contribution in [0.3, 0.4) is 0 Å². The van der Waals surface area contributed by atoms with Crippen molar-refractivity contribution in [3.05, 3.63) is 78.9 Å². The SMILES string of the molecule is CC(=O)Nc1ncc(-c2cccnn2)cc1-c1ccc(-c2ccnc(C)c2)cc1. The molecule has 0 saturated heterocycles. The maximum Gasteiger partial charge on any atom is 0.222 e. The average molecular weight is 381 g/mol. The van der Waals surface area contributed by atoms with Crippen molar-refractivity contribution < 1.29 is 4.79 Å². The van der Waals surface area contributed by atoms with E-state index in [2.05, 4.69) is 37.6 Å². The molecule has 0 spiro atoms. The Morgan fingerprint density at radius 3 is 2.34 bits per heavy atom. The van der Waals surface area contributed by atoms with Crippen LogP contribution in [0.5, 0.6) is 0 Å².